The molecule has 1 fully saturated rings. The zero-order valence-electron chi connectivity index (χ0n) is 18.9. The SMILES string of the molecule is CCC1CCC(N(CCc2ccccc2)C(=O)C2CCc3nn(C)c(=O)cc3C2)CC1. The molecule has 2 aromatic rings. The Morgan fingerprint density at radius 1 is 1.13 bits per heavy atom. The first kappa shape index (κ1) is 21.8. The predicted octanol–water partition coefficient (Wildman–Crippen LogP) is 3.93. The molecule has 166 valence electrons. The molecule has 0 aliphatic heterocycles. The summed E-state index contributed by atoms with van der Waals surface area (Å²) in [4.78, 5) is 28.0. The lowest BCUT2D eigenvalue weighted by atomic mass is 9.82. The number of hydrogen-bond donors (Lipinski definition) is 0. The summed E-state index contributed by atoms with van der Waals surface area (Å²) < 4.78 is 1.40. The summed E-state index contributed by atoms with van der Waals surface area (Å²) in [6.45, 7) is 3.06. The number of aromatic nitrogens is 2. The minimum atomic E-state index is -0.0920. The van der Waals surface area contributed by atoms with E-state index < -0.39 is 0 Å². The smallest absolute Gasteiger partial charge is 0.266 e. The molecule has 0 spiro atoms. The summed E-state index contributed by atoms with van der Waals surface area (Å²) >= 11 is 0. The lowest BCUT2D eigenvalue weighted by molar-refractivity contribution is -0.139. The maximum absolute atomic E-state index is 13.8. The van der Waals surface area contributed by atoms with Gasteiger partial charge in [0.1, 0.15) is 0 Å². The van der Waals surface area contributed by atoms with Crippen LogP contribution in [0.3, 0.4) is 0 Å². The van der Waals surface area contributed by atoms with E-state index in [0.717, 1.165) is 55.8 Å². The summed E-state index contributed by atoms with van der Waals surface area (Å²) in [5, 5.41) is 4.41. The van der Waals surface area contributed by atoms with Gasteiger partial charge in [-0.1, -0.05) is 43.7 Å². The van der Waals surface area contributed by atoms with E-state index in [-0.39, 0.29) is 17.4 Å². The lowest BCUT2D eigenvalue weighted by Gasteiger charge is -2.39. The Balaban J connectivity index is 1.50. The minimum absolute atomic E-state index is 0.0407. The molecule has 2 aliphatic carbocycles. The first-order chi connectivity index (χ1) is 15.0. The molecule has 1 atom stereocenters. The van der Waals surface area contributed by atoms with E-state index in [2.05, 4.69) is 41.2 Å². The fraction of sp³-hybridized carbons (Fsp3) is 0.577. The van der Waals surface area contributed by atoms with Crippen LogP contribution in [0.5, 0.6) is 0 Å². The molecule has 1 saturated carbocycles. The third kappa shape index (κ3) is 5.08. The number of aryl methyl sites for hydroxylation is 2. The van der Waals surface area contributed by atoms with E-state index in [4.69, 9.17) is 0 Å². The lowest BCUT2D eigenvalue weighted by Crippen LogP contribution is -2.47. The Hall–Kier alpha value is -2.43. The molecule has 1 aromatic carbocycles. The van der Waals surface area contributed by atoms with Crippen molar-refractivity contribution < 1.29 is 4.79 Å². The summed E-state index contributed by atoms with van der Waals surface area (Å²) in [5.41, 5.74) is 3.13. The molecular formula is C26H35N3O2. The van der Waals surface area contributed by atoms with Crippen LogP contribution in [-0.2, 0) is 31.1 Å². The third-order valence-electron chi connectivity index (χ3n) is 7.40. The second-order valence-electron chi connectivity index (χ2n) is 9.37. The van der Waals surface area contributed by atoms with Crippen LogP contribution in [0.4, 0.5) is 0 Å². The van der Waals surface area contributed by atoms with Gasteiger partial charge in [-0.05, 0) is 68.4 Å². The number of hydrogen-bond acceptors (Lipinski definition) is 3. The first-order valence-corrected chi connectivity index (χ1v) is 12.0. The maximum atomic E-state index is 13.8. The molecule has 1 heterocycles. The quantitative estimate of drug-likeness (QED) is 0.710. The van der Waals surface area contributed by atoms with Crippen molar-refractivity contribution in [3.63, 3.8) is 0 Å². The van der Waals surface area contributed by atoms with Crippen LogP contribution < -0.4 is 5.56 Å². The molecule has 0 radical (unpaired) electrons. The van der Waals surface area contributed by atoms with Gasteiger partial charge in [0.15, 0.2) is 0 Å². The number of benzene rings is 1. The highest BCUT2D eigenvalue weighted by molar-refractivity contribution is 5.80. The first-order valence-electron chi connectivity index (χ1n) is 12.0. The van der Waals surface area contributed by atoms with Crippen molar-refractivity contribution in [3.05, 3.63) is 63.6 Å². The Labute approximate surface area is 185 Å². The Kier molecular flexibility index (Phi) is 6.89. The number of fused-ring (bicyclic) bond motifs is 1. The summed E-state index contributed by atoms with van der Waals surface area (Å²) in [6, 6.07) is 12.5. The number of nitrogens with zero attached hydrogens (tertiary/aromatic N) is 3. The van der Waals surface area contributed by atoms with E-state index in [0.29, 0.717) is 12.5 Å². The van der Waals surface area contributed by atoms with E-state index in [1.807, 2.05) is 6.07 Å². The highest BCUT2D eigenvalue weighted by Crippen LogP contribution is 2.32. The molecule has 1 amide bonds. The van der Waals surface area contributed by atoms with Crippen LogP contribution >= 0.6 is 0 Å². The molecule has 4 rings (SSSR count). The van der Waals surface area contributed by atoms with Gasteiger partial charge in [-0.3, -0.25) is 9.59 Å². The Morgan fingerprint density at radius 3 is 2.58 bits per heavy atom. The van der Waals surface area contributed by atoms with Crippen molar-refractivity contribution in [1.29, 1.82) is 0 Å². The standard InChI is InChI=1S/C26H35N3O2/c1-3-19-9-12-23(13-10-19)29(16-15-20-7-5-4-6-8-20)26(31)21-11-14-24-22(17-21)18-25(30)28(2)27-24/h4-8,18-19,21,23H,3,9-17H2,1-2H3. The minimum Gasteiger partial charge on any atom is -0.339 e. The second kappa shape index (κ2) is 9.80. The molecule has 5 heteroatoms. The monoisotopic (exact) mass is 421 g/mol. The summed E-state index contributed by atoms with van der Waals surface area (Å²) in [5.74, 6) is 1.05. The van der Waals surface area contributed by atoms with Gasteiger partial charge in [0.2, 0.25) is 5.91 Å². The van der Waals surface area contributed by atoms with Crippen LogP contribution in [0.15, 0.2) is 41.2 Å². The average molecular weight is 422 g/mol. The van der Waals surface area contributed by atoms with E-state index in [1.165, 1.54) is 29.5 Å². The van der Waals surface area contributed by atoms with Gasteiger partial charge in [0.25, 0.3) is 5.56 Å². The zero-order valence-corrected chi connectivity index (χ0v) is 18.9. The zero-order chi connectivity index (χ0) is 21.8. The van der Waals surface area contributed by atoms with Gasteiger partial charge in [-0.25, -0.2) is 4.68 Å². The highest BCUT2D eigenvalue weighted by atomic mass is 16.2. The fourth-order valence-electron chi connectivity index (χ4n) is 5.36. The van der Waals surface area contributed by atoms with E-state index in [9.17, 15) is 9.59 Å². The summed E-state index contributed by atoms with van der Waals surface area (Å²) in [7, 11) is 1.69. The number of carbonyl (C=O) groups is 1. The van der Waals surface area contributed by atoms with Crippen molar-refractivity contribution in [1.82, 2.24) is 14.7 Å². The molecule has 0 N–H and O–H groups in total. The van der Waals surface area contributed by atoms with Crippen LogP contribution in [0, 0.1) is 11.8 Å². The molecular weight excluding hydrogens is 386 g/mol. The van der Waals surface area contributed by atoms with Gasteiger partial charge in [0, 0.05) is 31.6 Å². The van der Waals surface area contributed by atoms with Crippen LogP contribution in [-0.4, -0.2) is 33.2 Å². The van der Waals surface area contributed by atoms with Gasteiger partial charge in [0.05, 0.1) is 5.69 Å². The average Bonchev–Trinajstić information content (AvgIpc) is 2.80. The van der Waals surface area contributed by atoms with Crippen molar-refractivity contribution in [2.75, 3.05) is 6.54 Å². The predicted molar refractivity (Wildman–Crippen MR) is 123 cm³/mol. The molecule has 1 aromatic heterocycles. The summed E-state index contributed by atoms with van der Waals surface area (Å²) in [6.07, 6.45) is 9.06. The maximum Gasteiger partial charge on any atom is 0.266 e. The van der Waals surface area contributed by atoms with Crippen molar-refractivity contribution in [3.8, 4) is 0 Å². The van der Waals surface area contributed by atoms with Crippen molar-refractivity contribution in [2.24, 2.45) is 18.9 Å². The topological polar surface area (TPSA) is 55.2 Å². The van der Waals surface area contributed by atoms with Crippen LogP contribution in [0.25, 0.3) is 0 Å². The van der Waals surface area contributed by atoms with Crippen molar-refractivity contribution in [2.45, 2.75) is 70.8 Å². The molecule has 31 heavy (non-hydrogen) atoms. The Morgan fingerprint density at radius 2 is 1.87 bits per heavy atom. The van der Waals surface area contributed by atoms with Gasteiger partial charge < -0.3 is 4.90 Å². The van der Waals surface area contributed by atoms with E-state index >= 15 is 0 Å². The molecule has 1 unspecified atom stereocenters. The highest BCUT2D eigenvalue weighted by Gasteiger charge is 2.34. The van der Waals surface area contributed by atoms with Gasteiger partial charge in [-0.15, -0.1) is 0 Å². The van der Waals surface area contributed by atoms with Crippen LogP contribution in [0.1, 0.15) is 62.3 Å². The molecule has 0 saturated heterocycles. The largest absolute Gasteiger partial charge is 0.339 e. The van der Waals surface area contributed by atoms with Gasteiger partial charge in [-0.2, -0.15) is 5.10 Å². The second-order valence-corrected chi connectivity index (χ2v) is 9.37. The molecule has 5 nitrogen and oxygen atoms in total. The van der Waals surface area contributed by atoms with Crippen molar-refractivity contribution >= 4 is 5.91 Å². The number of rotatable bonds is 6. The normalized spacial score (nSPS) is 23.2. The molecule has 0 bridgehead atoms. The third-order valence-corrected chi connectivity index (χ3v) is 7.40. The Bertz CT molecular complexity index is 945. The number of carbonyl (C=O) groups excluding carboxylic acids is 1. The van der Waals surface area contributed by atoms with Gasteiger partial charge >= 0.3 is 0 Å². The number of amides is 1. The van der Waals surface area contributed by atoms with E-state index in [1.54, 1.807) is 13.1 Å². The molecule has 2 aliphatic rings. The van der Waals surface area contributed by atoms with Crippen LogP contribution in [0.2, 0.25) is 0 Å². The fourth-order valence-corrected chi connectivity index (χ4v) is 5.36.